The molecule has 0 radical (unpaired) electrons. The van der Waals surface area contributed by atoms with Crippen molar-refractivity contribution in [3.8, 4) is 11.4 Å². The van der Waals surface area contributed by atoms with E-state index in [1.165, 1.54) is 0 Å². The van der Waals surface area contributed by atoms with Crippen LogP contribution < -0.4 is 0 Å². The number of hydrogen-bond donors (Lipinski definition) is 1. The third kappa shape index (κ3) is 1.68. The van der Waals surface area contributed by atoms with Gasteiger partial charge in [0.05, 0.1) is 5.69 Å². The molecule has 0 amide bonds. The lowest BCUT2D eigenvalue weighted by atomic mass is 10.2. The molecule has 3 aromatic rings. The number of aromatic amines is 1. The molecular formula is C13H8ClFN2. The SMILES string of the molecule is Fc1c(-c2cccc(Cl)n2)[nH]c2ccccc12. The molecule has 0 atom stereocenters. The molecule has 0 spiro atoms. The molecule has 0 fully saturated rings. The lowest BCUT2D eigenvalue weighted by Gasteiger charge is -1.97. The summed E-state index contributed by atoms with van der Waals surface area (Å²) >= 11 is 5.80. The first-order valence-corrected chi connectivity index (χ1v) is 5.52. The van der Waals surface area contributed by atoms with E-state index in [0.717, 1.165) is 5.52 Å². The van der Waals surface area contributed by atoms with Crippen molar-refractivity contribution in [2.24, 2.45) is 0 Å². The van der Waals surface area contributed by atoms with Gasteiger partial charge >= 0.3 is 0 Å². The molecule has 84 valence electrons. The maximum Gasteiger partial charge on any atom is 0.158 e. The zero-order valence-electron chi connectivity index (χ0n) is 8.74. The van der Waals surface area contributed by atoms with Gasteiger partial charge in [-0.2, -0.15) is 0 Å². The highest BCUT2D eigenvalue weighted by Gasteiger charge is 2.13. The molecular weight excluding hydrogens is 239 g/mol. The minimum Gasteiger partial charge on any atom is -0.351 e. The number of benzene rings is 1. The van der Waals surface area contributed by atoms with Gasteiger partial charge in [0.2, 0.25) is 0 Å². The van der Waals surface area contributed by atoms with Crippen molar-refractivity contribution in [3.63, 3.8) is 0 Å². The quantitative estimate of drug-likeness (QED) is 0.646. The van der Waals surface area contributed by atoms with Crippen LogP contribution in [0.2, 0.25) is 5.15 Å². The zero-order valence-corrected chi connectivity index (χ0v) is 9.50. The highest BCUT2D eigenvalue weighted by molar-refractivity contribution is 6.29. The first-order valence-electron chi connectivity index (χ1n) is 5.15. The predicted octanol–water partition coefficient (Wildman–Crippen LogP) is 4.02. The summed E-state index contributed by atoms with van der Waals surface area (Å²) < 4.78 is 14.1. The summed E-state index contributed by atoms with van der Waals surface area (Å²) in [4.78, 5) is 7.10. The Morgan fingerprint density at radius 2 is 1.88 bits per heavy atom. The monoisotopic (exact) mass is 246 g/mol. The average Bonchev–Trinajstić information content (AvgIpc) is 2.68. The van der Waals surface area contributed by atoms with Crippen LogP contribution in [0.25, 0.3) is 22.3 Å². The summed E-state index contributed by atoms with van der Waals surface area (Å²) in [6.45, 7) is 0. The van der Waals surface area contributed by atoms with Gasteiger partial charge in [0.25, 0.3) is 0 Å². The lowest BCUT2D eigenvalue weighted by molar-refractivity contribution is 0.642. The van der Waals surface area contributed by atoms with E-state index in [1.807, 2.05) is 12.1 Å². The molecule has 0 saturated heterocycles. The van der Waals surface area contributed by atoms with Crippen molar-refractivity contribution in [2.45, 2.75) is 0 Å². The number of fused-ring (bicyclic) bond motifs is 1. The summed E-state index contributed by atoms with van der Waals surface area (Å²) in [5, 5.41) is 0.907. The molecule has 2 aromatic heterocycles. The Bertz CT molecular complexity index is 691. The molecule has 0 unspecified atom stereocenters. The fourth-order valence-corrected chi connectivity index (χ4v) is 2.00. The molecule has 3 rings (SSSR count). The number of para-hydroxylation sites is 1. The molecule has 0 saturated carbocycles. The van der Waals surface area contributed by atoms with Crippen LogP contribution in [0.15, 0.2) is 42.5 Å². The number of rotatable bonds is 1. The average molecular weight is 247 g/mol. The second-order valence-electron chi connectivity index (χ2n) is 3.71. The second kappa shape index (κ2) is 3.86. The number of H-pyrrole nitrogens is 1. The van der Waals surface area contributed by atoms with Gasteiger partial charge < -0.3 is 4.98 Å². The van der Waals surface area contributed by atoms with Gasteiger partial charge in [0.1, 0.15) is 10.8 Å². The van der Waals surface area contributed by atoms with Gasteiger partial charge in [-0.25, -0.2) is 9.37 Å². The summed E-state index contributed by atoms with van der Waals surface area (Å²) in [5.41, 5.74) is 1.63. The molecule has 1 aromatic carbocycles. The highest BCUT2D eigenvalue weighted by Crippen LogP contribution is 2.27. The second-order valence-corrected chi connectivity index (χ2v) is 4.09. The normalized spacial score (nSPS) is 10.9. The van der Waals surface area contributed by atoms with Crippen LogP contribution in [0.3, 0.4) is 0 Å². The third-order valence-corrected chi connectivity index (χ3v) is 2.82. The van der Waals surface area contributed by atoms with Crippen LogP contribution in [0.5, 0.6) is 0 Å². The van der Waals surface area contributed by atoms with E-state index >= 15 is 0 Å². The van der Waals surface area contributed by atoms with Crippen LogP contribution in [-0.2, 0) is 0 Å². The topological polar surface area (TPSA) is 28.7 Å². The van der Waals surface area contributed by atoms with Crippen molar-refractivity contribution in [1.29, 1.82) is 0 Å². The van der Waals surface area contributed by atoms with Crippen LogP contribution in [0.4, 0.5) is 4.39 Å². The Morgan fingerprint density at radius 1 is 1.06 bits per heavy atom. The highest BCUT2D eigenvalue weighted by atomic mass is 35.5. The molecule has 2 heterocycles. The summed E-state index contributed by atoms with van der Waals surface area (Å²) in [7, 11) is 0. The molecule has 0 aliphatic heterocycles. The van der Waals surface area contributed by atoms with Gasteiger partial charge in [-0.1, -0.05) is 29.8 Å². The van der Waals surface area contributed by atoms with E-state index < -0.39 is 0 Å². The van der Waals surface area contributed by atoms with Crippen LogP contribution in [0, 0.1) is 5.82 Å². The Balaban J connectivity index is 2.27. The van der Waals surface area contributed by atoms with E-state index in [1.54, 1.807) is 30.3 Å². The molecule has 2 nitrogen and oxygen atoms in total. The Kier molecular flexibility index (Phi) is 2.34. The van der Waals surface area contributed by atoms with Gasteiger partial charge in [0, 0.05) is 10.9 Å². The predicted molar refractivity (Wildman–Crippen MR) is 66.5 cm³/mol. The van der Waals surface area contributed by atoms with Crippen molar-refractivity contribution >= 4 is 22.5 Å². The lowest BCUT2D eigenvalue weighted by Crippen LogP contribution is -1.86. The van der Waals surface area contributed by atoms with E-state index in [4.69, 9.17) is 11.6 Å². The van der Waals surface area contributed by atoms with Crippen molar-refractivity contribution in [3.05, 3.63) is 53.4 Å². The minimum atomic E-state index is -0.296. The molecule has 0 bridgehead atoms. The van der Waals surface area contributed by atoms with Crippen LogP contribution in [0.1, 0.15) is 0 Å². The van der Waals surface area contributed by atoms with Gasteiger partial charge in [-0.15, -0.1) is 0 Å². The molecule has 0 aliphatic carbocycles. The van der Waals surface area contributed by atoms with Crippen LogP contribution in [-0.4, -0.2) is 9.97 Å². The number of pyridine rings is 1. The maximum atomic E-state index is 14.1. The van der Waals surface area contributed by atoms with Gasteiger partial charge in [0.15, 0.2) is 5.82 Å². The van der Waals surface area contributed by atoms with Crippen molar-refractivity contribution < 1.29 is 4.39 Å². The number of nitrogens with zero attached hydrogens (tertiary/aromatic N) is 1. The fourth-order valence-electron chi connectivity index (χ4n) is 1.83. The first-order chi connectivity index (χ1) is 8.25. The minimum absolute atomic E-state index is 0.296. The van der Waals surface area contributed by atoms with Gasteiger partial charge in [-0.05, 0) is 24.3 Å². The Hall–Kier alpha value is -1.87. The standard InChI is InChI=1S/C13H8ClFN2/c14-11-7-3-6-10(16-11)13-12(15)8-4-1-2-5-9(8)17-13/h1-7,17H. The van der Waals surface area contributed by atoms with E-state index in [0.29, 0.717) is 21.9 Å². The van der Waals surface area contributed by atoms with E-state index in [9.17, 15) is 4.39 Å². The summed E-state index contributed by atoms with van der Waals surface area (Å²) in [6.07, 6.45) is 0. The molecule has 4 heteroatoms. The zero-order chi connectivity index (χ0) is 11.8. The number of nitrogens with one attached hydrogen (secondary N) is 1. The van der Waals surface area contributed by atoms with Gasteiger partial charge in [-0.3, -0.25) is 0 Å². The number of halogens is 2. The number of aromatic nitrogens is 2. The van der Waals surface area contributed by atoms with E-state index in [-0.39, 0.29) is 5.82 Å². The van der Waals surface area contributed by atoms with Crippen LogP contribution >= 0.6 is 11.6 Å². The summed E-state index contributed by atoms with van der Waals surface area (Å²) in [6, 6.07) is 12.3. The molecule has 1 N–H and O–H groups in total. The van der Waals surface area contributed by atoms with E-state index in [2.05, 4.69) is 9.97 Å². The Morgan fingerprint density at radius 3 is 2.65 bits per heavy atom. The maximum absolute atomic E-state index is 14.1. The first kappa shape index (κ1) is 10.3. The third-order valence-electron chi connectivity index (χ3n) is 2.61. The largest absolute Gasteiger partial charge is 0.351 e. The summed E-state index contributed by atoms with van der Waals surface area (Å²) in [5.74, 6) is -0.296. The fraction of sp³-hybridized carbons (Fsp3) is 0. The molecule has 0 aliphatic rings. The smallest absolute Gasteiger partial charge is 0.158 e. The van der Waals surface area contributed by atoms with Crippen molar-refractivity contribution in [2.75, 3.05) is 0 Å². The van der Waals surface area contributed by atoms with Crippen molar-refractivity contribution in [1.82, 2.24) is 9.97 Å². The number of hydrogen-bond acceptors (Lipinski definition) is 1. The Labute approximate surface area is 102 Å². The molecule has 17 heavy (non-hydrogen) atoms.